The van der Waals surface area contributed by atoms with Gasteiger partial charge in [-0.1, -0.05) is 42.5 Å². The van der Waals surface area contributed by atoms with E-state index >= 15 is 0 Å². The smallest absolute Gasteiger partial charge is 0.274 e. The summed E-state index contributed by atoms with van der Waals surface area (Å²) in [5.74, 6) is 0. The molecule has 0 aromatic heterocycles. The van der Waals surface area contributed by atoms with E-state index in [-0.39, 0.29) is 16.2 Å². The Morgan fingerprint density at radius 3 is 2.00 bits per heavy atom. The van der Waals surface area contributed by atoms with Crippen molar-refractivity contribution in [3.05, 3.63) is 79.2 Å². The van der Waals surface area contributed by atoms with Crippen LogP contribution >= 0.6 is 0 Å². The lowest BCUT2D eigenvalue weighted by atomic mass is 9.99. The molecule has 0 atom stereocenters. The van der Waals surface area contributed by atoms with Crippen molar-refractivity contribution in [1.82, 2.24) is 0 Å². The highest BCUT2D eigenvalue weighted by Gasteiger charge is 2.15. The van der Waals surface area contributed by atoms with E-state index < -0.39 is 16.3 Å². The first-order valence-electron chi connectivity index (χ1n) is 6.26. The summed E-state index contributed by atoms with van der Waals surface area (Å²) in [6.07, 6.45) is 0. The van der Waals surface area contributed by atoms with Crippen molar-refractivity contribution in [3.63, 3.8) is 0 Å². The second kappa shape index (κ2) is 4.33. The van der Waals surface area contributed by atoms with Crippen LogP contribution in [0.1, 0.15) is 0 Å². The highest BCUT2D eigenvalue weighted by Crippen LogP contribution is 2.28. The standard InChI is InChI=1S/C17H8O3.H2O/c18-15-13-8-7-11-10-4-2-1-3-9(10)5-6-12(11)14(13)16(19)17(15)20;/h1-8H;1H2. The molecule has 4 rings (SSSR count). The second-order valence-corrected chi connectivity index (χ2v) is 4.86. The largest absolute Gasteiger partial charge is 0.412 e. The van der Waals surface area contributed by atoms with Gasteiger partial charge in [0, 0.05) is 10.8 Å². The summed E-state index contributed by atoms with van der Waals surface area (Å²) in [7, 11) is 0. The molecule has 0 aliphatic heterocycles. The Morgan fingerprint density at radius 2 is 1.19 bits per heavy atom. The molecule has 0 spiro atoms. The van der Waals surface area contributed by atoms with Gasteiger partial charge in [-0.25, -0.2) is 0 Å². The highest BCUT2D eigenvalue weighted by molar-refractivity contribution is 6.17. The van der Waals surface area contributed by atoms with E-state index in [1.807, 2.05) is 30.3 Å². The molecule has 0 aliphatic carbocycles. The highest BCUT2D eigenvalue weighted by atomic mass is 16.2. The van der Waals surface area contributed by atoms with Crippen molar-refractivity contribution in [3.8, 4) is 0 Å². The number of rotatable bonds is 0. The summed E-state index contributed by atoms with van der Waals surface area (Å²) in [6, 6.07) is 14.9. The molecule has 0 heterocycles. The minimum atomic E-state index is -0.930. The maximum absolute atomic E-state index is 12.0. The topological polar surface area (TPSA) is 82.7 Å². The van der Waals surface area contributed by atoms with Crippen molar-refractivity contribution in [2.75, 3.05) is 0 Å². The monoisotopic (exact) mass is 278 g/mol. The minimum Gasteiger partial charge on any atom is -0.412 e. The molecule has 102 valence electrons. The molecule has 0 aliphatic rings. The molecular weight excluding hydrogens is 268 g/mol. The van der Waals surface area contributed by atoms with Gasteiger partial charge in [-0.05, 0) is 27.6 Å². The molecule has 21 heavy (non-hydrogen) atoms. The summed E-state index contributed by atoms with van der Waals surface area (Å²) >= 11 is 0. The van der Waals surface area contributed by atoms with Crippen LogP contribution in [0.5, 0.6) is 0 Å². The van der Waals surface area contributed by atoms with E-state index in [0.29, 0.717) is 5.39 Å². The molecule has 0 saturated heterocycles. The lowest BCUT2D eigenvalue weighted by Crippen LogP contribution is -2.29. The second-order valence-electron chi connectivity index (χ2n) is 4.86. The molecule has 0 unspecified atom stereocenters. The van der Waals surface area contributed by atoms with Crippen molar-refractivity contribution in [1.29, 1.82) is 0 Å². The molecule has 2 N–H and O–H groups in total. The van der Waals surface area contributed by atoms with Gasteiger partial charge in [0.2, 0.25) is 10.9 Å². The van der Waals surface area contributed by atoms with Crippen LogP contribution in [0.25, 0.3) is 32.3 Å². The van der Waals surface area contributed by atoms with Crippen LogP contribution in [0.15, 0.2) is 62.9 Å². The van der Waals surface area contributed by atoms with Gasteiger partial charge in [0.05, 0.1) is 0 Å². The van der Waals surface area contributed by atoms with E-state index in [2.05, 4.69) is 0 Å². The molecule has 0 fully saturated rings. The van der Waals surface area contributed by atoms with Crippen LogP contribution < -0.4 is 16.3 Å². The van der Waals surface area contributed by atoms with Gasteiger partial charge in [-0.15, -0.1) is 0 Å². The molecule has 4 nitrogen and oxygen atoms in total. The van der Waals surface area contributed by atoms with Gasteiger partial charge >= 0.3 is 0 Å². The summed E-state index contributed by atoms with van der Waals surface area (Å²) in [5, 5.41) is 4.10. The fraction of sp³-hybridized carbons (Fsp3) is 0. The Bertz CT molecular complexity index is 1150. The van der Waals surface area contributed by atoms with E-state index in [0.717, 1.165) is 16.2 Å². The molecule has 0 radical (unpaired) electrons. The Hall–Kier alpha value is -2.85. The zero-order valence-electron chi connectivity index (χ0n) is 10.8. The first kappa shape index (κ1) is 13.1. The molecule has 4 heteroatoms. The van der Waals surface area contributed by atoms with Crippen LogP contribution in [0, 0.1) is 0 Å². The third-order valence-corrected chi connectivity index (χ3v) is 3.81. The van der Waals surface area contributed by atoms with Gasteiger partial charge in [-0.3, -0.25) is 14.4 Å². The van der Waals surface area contributed by atoms with E-state index in [1.54, 1.807) is 18.2 Å². The van der Waals surface area contributed by atoms with Gasteiger partial charge in [0.25, 0.3) is 5.43 Å². The van der Waals surface area contributed by atoms with E-state index in [4.69, 9.17) is 0 Å². The molecule has 4 aromatic rings. The lowest BCUT2D eigenvalue weighted by molar-refractivity contribution is 0.824. The Labute approximate surface area is 117 Å². The van der Waals surface area contributed by atoms with Crippen LogP contribution in [-0.2, 0) is 0 Å². The quantitative estimate of drug-likeness (QED) is 0.359. The van der Waals surface area contributed by atoms with E-state index in [1.165, 1.54) is 0 Å². The maximum Gasteiger partial charge on any atom is 0.274 e. The molecule has 0 saturated carbocycles. The van der Waals surface area contributed by atoms with Crippen molar-refractivity contribution >= 4 is 32.3 Å². The fourth-order valence-corrected chi connectivity index (χ4v) is 2.86. The number of fused-ring (bicyclic) bond motifs is 5. The minimum absolute atomic E-state index is 0. The van der Waals surface area contributed by atoms with Crippen LogP contribution in [-0.4, -0.2) is 5.48 Å². The van der Waals surface area contributed by atoms with Crippen LogP contribution in [0.3, 0.4) is 0 Å². The SMILES string of the molecule is O.O=c1c(=O)c2ccc3c4ccccc4ccc3c2c1=O. The predicted molar refractivity (Wildman–Crippen MR) is 83.8 cm³/mol. The van der Waals surface area contributed by atoms with Gasteiger partial charge in [-0.2, -0.15) is 0 Å². The van der Waals surface area contributed by atoms with Crippen molar-refractivity contribution < 1.29 is 5.48 Å². The average molecular weight is 278 g/mol. The summed E-state index contributed by atoms with van der Waals surface area (Å²) in [4.78, 5) is 35.3. The number of benzene rings is 3. The third-order valence-electron chi connectivity index (χ3n) is 3.81. The Balaban J connectivity index is 0.00000132. The fourth-order valence-electron chi connectivity index (χ4n) is 2.86. The molecular formula is C17H10O4. The van der Waals surface area contributed by atoms with Crippen molar-refractivity contribution in [2.45, 2.75) is 0 Å². The van der Waals surface area contributed by atoms with Gasteiger partial charge in [0.1, 0.15) is 0 Å². The predicted octanol–water partition coefficient (Wildman–Crippen LogP) is 1.28. The maximum atomic E-state index is 12.0. The average Bonchev–Trinajstić information content (AvgIpc) is 2.72. The molecule has 0 bridgehead atoms. The number of hydrogen-bond donors (Lipinski definition) is 0. The summed E-state index contributed by atoms with van der Waals surface area (Å²) < 4.78 is 0. The zero-order chi connectivity index (χ0) is 13.9. The Kier molecular flexibility index (Phi) is 2.71. The Morgan fingerprint density at radius 1 is 0.524 bits per heavy atom. The van der Waals surface area contributed by atoms with Gasteiger partial charge in [0.15, 0.2) is 0 Å². The van der Waals surface area contributed by atoms with Crippen LogP contribution in [0.2, 0.25) is 0 Å². The van der Waals surface area contributed by atoms with Crippen molar-refractivity contribution in [2.24, 2.45) is 0 Å². The number of hydrogen-bond acceptors (Lipinski definition) is 3. The summed E-state index contributed by atoms with van der Waals surface area (Å²) in [6.45, 7) is 0. The van der Waals surface area contributed by atoms with Crippen LogP contribution in [0.4, 0.5) is 0 Å². The summed E-state index contributed by atoms with van der Waals surface area (Å²) in [5.41, 5.74) is -2.31. The first-order valence-corrected chi connectivity index (χ1v) is 6.26. The van der Waals surface area contributed by atoms with E-state index in [9.17, 15) is 14.4 Å². The molecule has 0 amide bonds. The zero-order valence-corrected chi connectivity index (χ0v) is 10.8. The third kappa shape index (κ3) is 1.57. The normalized spacial score (nSPS) is 11.0. The van der Waals surface area contributed by atoms with Gasteiger partial charge < -0.3 is 5.48 Å². The first-order chi connectivity index (χ1) is 9.68. The lowest BCUT2D eigenvalue weighted by Gasteiger charge is -2.04. The molecule has 4 aromatic carbocycles.